The summed E-state index contributed by atoms with van der Waals surface area (Å²) in [6.45, 7) is 3.43. The molecule has 0 saturated carbocycles. The molecule has 1 amide bonds. The summed E-state index contributed by atoms with van der Waals surface area (Å²) in [5.41, 5.74) is -0.918. The highest BCUT2D eigenvalue weighted by atomic mass is 32.1. The number of aromatic nitrogens is 2. The second-order valence-corrected chi connectivity index (χ2v) is 7.30. The summed E-state index contributed by atoms with van der Waals surface area (Å²) in [5, 5.41) is 13.5. The number of aryl methyl sites for hydroxylation is 1. The van der Waals surface area contributed by atoms with E-state index in [0.717, 1.165) is 10.7 Å². The lowest BCUT2D eigenvalue weighted by Gasteiger charge is -2.24. The van der Waals surface area contributed by atoms with Crippen molar-refractivity contribution in [3.05, 3.63) is 40.5 Å². The Morgan fingerprint density at radius 3 is 3.04 bits per heavy atom. The van der Waals surface area contributed by atoms with Crippen LogP contribution >= 0.6 is 11.3 Å². The number of aliphatic hydroxyl groups is 1. The molecule has 2 aromatic rings. The van der Waals surface area contributed by atoms with Crippen LogP contribution in [0.2, 0.25) is 0 Å². The van der Waals surface area contributed by atoms with Crippen molar-refractivity contribution in [1.29, 1.82) is 0 Å². The Bertz CT molecular complexity index is 676. The van der Waals surface area contributed by atoms with Crippen molar-refractivity contribution in [2.45, 2.75) is 25.4 Å². The van der Waals surface area contributed by atoms with Gasteiger partial charge in [-0.05, 0) is 25.5 Å². The van der Waals surface area contributed by atoms with Crippen LogP contribution in [0.1, 0.15) is 16.2 Å². The van der Waals surface area contributed by atoms with Gasteiger partial charge in [0.15, 0.2) is 0 Å². The smallest absolute Gasteiger partial charge is 0.225 e. The van der Waals surface area contributed by atoms with Crippen LogP contribution in [0.15, 0.2) is 30.7 Å². The fraction of sp³-hybridized carbons (Fsp3) is 0.438. The van der Waals surface area contributed by atoms with Gasteiger partial charge in [0.25, 0.3) is 0 Å². The monoisotopic (exact) mass is 332 g/mol. The SMILES string of the molecule is Cc1ccc(CC(=O)NC[C@]2(O)CCN(c3cnccn3)C2)s1. The van der Waals surface area contributed by atoms with Crippen LogP contribution in [0.4, 0.5) is 5.82 Å². The number of hydrogen-bond acceptors (Lipinski definition) is 6. The van der Waals surface area contributed by atoms with Crippen LogP contribution in [0, 0.1) is 6.92 Å². The normalized spacial score (nSPS) is 20.7. The van der Waals surface area contributed by atoms with E-state index in [1.54, 1.807) is 29.9 Å². The van der Waals surface area contributed by atoms with Crippen molar-refractivity contribution in [3.63, 3.8) is 0 Å². The number of rotatable bonds is 5. The van der Waals surface area contributed by atoms with Gasteiger partial charge in [0.05, 0.1) is 12.6 Å². The largest absolute Gasteiger partial charge is 0.386 e. The summed E-state index contributed by atoms with van der Waals surface area (Å²) in [5.74, 6) is 0.696. The van der Waals surface area contributed by atoms with E-state index >= 15 is 0 Å². The first-order chi connectivity index (χ1) is 11.0. The summed E-state index contributed by atoms with van der Waals surface area (Å²) in [7, 11) is 0. The minimum absolute atomic E-state index is 0.0572. The molecule has 1 aliphatic heterocycles. The maximum atomic E-state index is 12.0. The maximum Gasteiger partial charge on any atom is 0.225 e. The molecule has 1 atom stereocenters. The molecule has 0 aromatic carbocycles. The molecule has 23 heavy (non-hydrogen) atoms. The summed E-state index contributed by atoms with van der Waals surface area (Å²) in [6.07, 6.45) is 5.91. The van der Waals surface area contributed by atoms with Gasteiger partial charge in [-0.3, -0.25) is 9.78 Å². The lowest BCUT2D eigenvalue weighted by Crippen LogP contribution is -2.45. The minimum Gasteiger partial charge on any atom is -0.386 e. The van der Waals surface area contributed by atoms with Crippen molar-refractivity contribution in [2.24, 2.45) is 0 Å². The van der Waals surface area contributed by atoms with Crippen molar-refractivity contribution in [2.75, 3.05) is 24.5 Å². The quantitative estimate of drug-likeness (QED) is 0.859. The van der Waals surface area contributed by atoms with Crippen LogP contribution in [0.3, 0.4) is 0 Å². The highest BCUT2D eigenvalue weighted by molar-refractivity contribution is 7.12. The highest BCUT2D eigenvalue weighted by Gasteiger charge is 2.36. The third-order valence-electron chi connectivity index (χ3n) is 3.95. The van der Waals surface area contributed by atoms with Crippen LogP contribution in [-0.2, 0) is 11.2 Å². The van der Waals surface area contributed by atoms with Gasteiger partial charge in [-0.2, -0.15) is 0 Å². The van der Waals surface area contributed by atoms with Crippen LogP contribution < -0.4 is 10.2 Å². The van der Waals surface area contributed by atoms with Gasteiger partial charge in [-0.15, -0.1) is 11.3 Å². The van der Waals surface area contributed by atoms with Crippen molar-refractivity contribution >= 4 is 23.1 Å². The first-order valence-electron chi connectivity index (χ1n) is 7.59. The average Bonchev–Trinajstić information content (AvgIpc) is 3.13. The first kappa shape index (κ1) is 15.9. The number of thiophene rings is 1. The summed E-state index contributed by atoms with van der Waals surface area (Å²) >= 11 is 1.62. The maximum absolute atomic E-state index is 12.0. The Morgan fingerprint density at radius 2 is 2.35 bits per heavy atom. The highest BCUT2D eigenvalue weighted by Crippen LogP contribution is 2.24. The lowest BCUT2D eigenvalue weighted by atomic mass is 10.0. The summed E-state index contributed by atoms with van der Waals surface area (Å²) in [4.78, 5) is 24.5. The van der Waals surface area contributed by atoms with E-state index in [0.29, 0.717) is 25.9 Å². The Labute approximate surface area is 139 Å². The van der Waals surface area contributed by atoms with E-state index < -0.39 is 5.60 Å². The molecule has 7 heteroatoms. The zero-order valence-corrected chi connectivity index (χ0v) is 13.8. The number of anilines is 1. The number of hydrogen-bond donors (Lipinski definition) is 2. The van der Waals surface area contributed by atoms with E-state index in [9.17, 15) is 9.90 Å². The molecular weight excluding hydrogens is 312 g/mol. The minimum atomic E-state index is -0.918. The molecule has 2 aromatic heterocycles. The summed E-state index contributed by atoms with van der Waals surface area (Å²) < 4.78 is 0. The van der Waals surface area contributed by atoms with E-state index in [4.69, 9.17) is 0 Å². The number of nitrogens with zero attached hydrogens (tertiary/aromatic N) is 3. The van der Waals surface area contributed by atoms with Gasteiger partial charge in [0, 0.05) is 41.8 Å². The van der Waals surface area contributed by atoms with E-state index in [2.05, 4.69) is 15.3 Å². The molecule has 0 radical (unpaired) electrons. The number of carbonyl (C=O) groups is 1. The van der Waals surface area contributed by atoms with Crippen molar-refractivity contribution < 1.29 is 9.90 Å². The molecule has 2 N–H and O–H groups in total. The van der Waals surface area contributed by atoms with Gasteiger partial charge >= 0.3 is 0 Å². The fourth-order valence-electron chi connectivity index (χ4n) is 2.71. The van der Waals surface area contributed by atoms with Crippen LogP contribution in [-0.4, -0.2) is 46.2 Å². The molecule has 122 valence electrons. The van der Waals surface area contributed by atoms with Crippen molar-refractivity contribution in [3.8, 4) is 0 Å². The van der Waals surface area contributed by atoms with Crippen LogP contribution in [0.25, 0.3) is 0 Å². The van der Waals surface area contributed by atoms with Gasteiger partial charge in [0.1, 0.15) is 11.4 Å². The molecule has 0 unspecified atom stereocenters. The average molecular weight is 332 g/mol. The zero-order chi connectivity index (χ0) is 16.3. The van der Waals surface area contributed by atoms with E-state index in [1.165, 1.54) is 4.88 Å². The van der Waals surface area contributed by atoms with Crippen molar-refractivity contribution in [1.82, 2.24) is 15.3 Å². The first-order valence-corrected chi connectivity index (χ1v) is 8.41. The molecule has 0 bridgehead atoms. The molecular formula is C16H20N4O2S. The summed E-state index contributed by atoms with van der Waals surface area (Å²) in [6, 6.07) is 3.98. The number of β-amino-alcohol motifs (C(OH)–C–C–N with tert-alkyl or cyclic N) is 1. The molecule has 1 fully saturated rings. The standard InChI is InChI=1S/C16H20N4O2S/c1-12-2-3-13(23-12)8-15(21)19-10-16(22)4-7-20(11-16)14-9-17-5-6-18-14/h2-3,5-6,9,22H,4,7-8,10-11H2,1H3,(H,19,21)/t16-/m1/s1. The Hall–Kier alpha value is -1.99. The molecule has 1 saturated heterocycles. The van der Waals surface area contributed by atoms with E-state index in [1.807, 2.05) is 24.0 Å². The van der Waals surface area contributed by atoms with Gasteiger partial charge < -0.3 is 15.3 Å². The molecule has 3 heterocycles. The second kappa shape index (κ2) is 6.64. The second-order valence-electron chi connectivity index (χ2n) is 5.93. The number of carbonyl (C=O) groups excluding carboxylic acids is 1. The van der Waals surface area contributed by atoms with Gasteiger partial charge in [-0.25, -0.2) is 4.98 Å². The lowest BCUT2D eigenvalue weighted by molar-refractivity contribution is -0.121. The predicted octanol–water partition coefficient (Wildman–Crippen LogP) is 1.15. The van der Waals surface area contributed by atoms with Gasteiger partial charge in [-0.1, -0.05) is 0 Å². The molecule has 3 rings (SSSR count). The van der Waals surface area contributed by atoms with E-state index in [-0.39, 0.29) is 12.5 Å². The Balaban J connectivity index is 1.51. The predicted molar refractivity (Wildman–Crippen MR) is 89.6 cm³/mol. The molecule has 1 aliphatic rings. The number of amides is 1. The molecule has 0 spiro atoms. The topological polar surface area (TPSA) is 78.4 Å². The van der Waals surface area contributed by atoms with Crippen LogP contribution in [0.5, 0.6) is 0 Å². The third-order valence-corrected chi connectivity index (χ3v) is 4.95. The fourth-order valence-corrected chi connectivity index (χ4v) is 3.60. The Kier molecular flexibility index (Phi) is 4.58. The third kappa shape index (κ3) is 4.05. The molecule has 6 nitrogen and oxygen atoms in total. The number of nitrogens with one attached hydrogen (secondary N) is 1. The van der Waals surface area contributed by atoms with Gasteiger partial charge in [0.2, 0.25) is 5.91 Å². The Morgan fingerprint density at radius 1 is 1.48 bits per heavy atom. The molecule has 0 aliphatic carbocycles. The zero-order valence-electron chi connectivity index (χ0n) is 13.0.